The second kappa shape index (κ2) is 32.4. The van der Waals surface area contributed by atoms with Gasteiger partial charge in [-0.05, 0) is 64.2 Å². The van der Waals surface area contributed by atoms with E-state index in [0.717, 1.165) is 77.0 Å². The normalized spacial score (nSPS) is 13.4. The zero-order chi connectivity index (χ0) is 29.4. The molecule has 0 fully saturated rings. The molecular formula is C36H68O4. The number of aliphatic hydroxyl groups excluding tert-OH is 2. The summed E-state index contributed by atoms with van der Waals surface area (Å²) in [4.78, 5) is 11.9. The van der Waals surface area contributed by atoms with E-state index in [2.05, 4.69) is 38.2 Å². The van der Waals surface area contributed by atoms with Crippen LogP contribution in [0.25, 0.3) is 0 Å². The molecule has 40 heavy (non-hydrogen) atoms. The van der Waals surface area contributed by atoms with Crippen LogP contribution in [0.1, 0.15) is 181 Å². The van der Waals surface area contributed by atoms with Gasteiger partial charge in [-0.3, -0.25) is 4.79 Å². The quantitative estimate of drug-likeness (QED) is 0.0499. The van der Waals surface area contributed by atoms with Gasteiger partial charge < -0.3 is 14.9 Å². The highest BCUT2D eigenvalue weighted by atomic mass is 16.5. The fraction of sp³-hybridized carbons (Fsp3) is 0.861. The van der Waals surface area contributed by atoms with Crippen molar-refractivity contribution < 1.29 is 19.7 Å². The van der Waals surface area contributed by atoms with Crippen LogP contribution >= 0.6 is 0 Å². The first-order valence-electron chi connectivity index (χ1n) is 17.4. The van der Waals surface area contributed by atoms with E-state index in [0.29, 0.717) is 13.0 Å². The molecule has 0 aromatic rings. The number of unbranched alkanes of at least 4 members (excludes halogenated alkanes) is 17. The standard InChI is InChI=1S/C36H68O4/c1-3-5-7-22-28-34(37)30-24-18-14-10-9-13-17-21-27-33-40-36(39)32-26-20-16-12-11-15-19-25-31-35(38)29-23-8-6-4-2/h18-19,24-25,34-35,37-38H,3-17,20-23,26-33H2,1-2H3/b24-18-,25-19-/t34-,35-/m0/s1. The zero-order valence-electron chi connectivity index (χ0n) is 26.8. The lowest BCUT2D eigenvalue weighted by Crippen LogP contribution is -2.05. The summed E-state index contributed by atoms with van der Waals surface area (Å²) in [5, 5.41) is 20.0. The predicted molar refractivity (Wildman–Crippen MR) is 173 cm³/mol. The van der Waals surface area contributed by atoms with E-state index in [1.54, 1.807) is 0 Å². The van der Waals surface area contributed by atoms with Crippen molar-refractivity contribution >= 4 is 5.97 Å². The van der Waals surface area contributed by atoms with Gasteiger partial charge in [0.1, 0.15) is 0 Å². The molecule has 0 bridgehead atoms. The summed E-state index contributed by atoms with van der Waals surface area (Å²) in [5.41, 5.74) is 0. The lowest BCUT2D eigenvalue weighted by Gasteiger charge is -2.07. The van der Waals surface area contributed by atoms with Gasteiger partial charge in [-0.2, -0.15) is 0 Å². The molecule has 0 aliphatic carbocycles. The van der Waals surface area contributed by atoms with Gasteiger partial charge in [0.05, 0.1) is 18.8 Å². The zero-order valence-corrected chi connectivity index (χ0v) is 26.8. The summed E-state index contributed by atoms with van der Waals surface area (Å²) in [7, 11) is 0. The average Bonchev–Trinajstić information content (AvgIpc) is 2.95. The van der Waals surface area contributed by atoms with Crippen molar-refractivity contribution in [3.05, 3.63) is 24.3 Å². The molecule has 4 nitrogen and oxygen atoms in total. The first-order valence-corrected chi connectivity index (χ1v) is 17.4. The predicted octanol–water partition coefficient (Wildman–Crippen LogP) is 10.5. The van der Waals surface area contributed by atoms with Crippen LogP contribution in [0.2, 0.25) is 0 Å². The monoisotopic (exact) mass is 565 g/mol. The molecular weight excluding hydrogens is 496 g/mol. The number of carbonyl (C=O) groups excluding carboxylic acids is 1. The molecule has 0 saturated heterocycles. The van der Waals surface area contributed by atoms with Crippen molar-refractivity contribution in [3.8, 4) is 0 Å². The Balaban J connectivity index is 3.35. The smallest absolute Gasteiger partial charge is 0.305 e. The van der Waals surface area contributed by atoms with Crippen LogP contribution in [0.3, 0.4) is 0 Å². The maximum absolute atomic E-state index is 11.9. The number of allylic oxidation sites excluding steroid dienone is 2. The number of hydrogen-bond donors (Lipinski definition) is 2. The van der Waals surface area contributed by atoms with E-state index < -0.39 is 0 Å². The molecule has 0 aliphatic rings. The lowest BCUT2D eigenvalue weighted by molar-refractivity contribution is -0.143. The Bertz CT molecular complexity index is 571. The van der Waals surface area contributed by atoms with Gasteiger partial charge in [0.15, 0.2) is 0 Å². The fourth-order valence-corrected chi connectivity index (χ4v) is 4.98. The maximum atomic E-state index is 11.9. The first-order chi connectivity index (χ1) is 19.6. The Morgan fingerprint density at radius 2 is 0.975 bits per heavy atom. The summed E-state index contributed by atoms with van der Waals surface area (Å²) in [6, 6.07) is 0. The van der Waals surface area contributed by atoms with Crippen molar-refractivity contribution in [2.75, 3.05) is 6.61 Å². The largest absolute Gasteiger partial charge is 0.466 e. The van der Waals surface area contributed by atoms with E-state index >= 15 is 0 Å². The summed E-state index contributed by atoms with van der Waals surface area (Å²) in [5.74, 6) is -0.0333. The Morgan fingerprint density at radius 1 is 0.550 bits per heavy atom. The van der Waals surface area contributed by atoms with Crippen molar-refractivity contribution in [2.24, 2.45) is 0 Å². The Hall–Kier alpha value is -1.13. The van der Waals surface area contributed by atoms with Gasteiger partial charge in [-0.1, -0.05) is 134 Å². The molecule has 0 rings (SSSR count). The van der Waals surface area contributed by atoms with Crippen LogP contribution in [-0.4, -0.2) is 35.0 Å². The molecule has 0 spiro atoms. The highest BCUT2D eigenvalue weighted by Gasteiger charge is 2.03. The maximum Gasteiger partial charge on any atom is 0.305 e. The molecule has 0 saturated carbocycles. The molecule has 236 valence electrons. The third kappa shape index (κ3) is 31.4. The molecule has 0 aromatic carbocycles. The SMILES string of the molecule is CCCCCC[C@H](O)C/C=C\CCCCCCCCOC(=O)CCCCCCC/C=C\C[C@@H](O)CCCCCC. The van der Waals surface area contributed by atoms with Gasteiger partial charge in [0, 0.05) is 6.42 Å². The molecule has 4 heteroatoms. The molecule has 2 atom stereocenters. The highest BCUT2D eigenvalue weighted by molar-refractivity contribution is 5.69. The number of aliphatic hydroxyl groups is 2. The fourth-order valence-electron chi connectivity index (χ4n) is 4.98. The number of esters is 1. The number of rotatable bonds is 31. The summed E-state index contributed by atoms with van der Waals surface area (Å²) < 4.78 is 5.40. The minimum absolute atomic E-state index is 0.0333. The average molecular weight is 565 g/mol. The van der Waals surface area contributed by atoms with E-state index in [1.165, 1.54) is 83.5 Å². The van der Waals surface area contributed by atoms with E-state index in [1.807, 2.05) is 0 Å². The second-order valence-electron chi connectivity index (χ2n) is 11.9. The number of ether oxygens (including phenoxy) is 1. The third-order valence-corrected chi connectivity index (χ3v) is 7.71. The number of carbonyl (C=O) groups is 1. The minimum Gasteiger partial charge on any atom is -0.466 e. The Morgan fingerprint density at radius 3 is 1.48 bits per heavy atom. The van der Waals surface area contributed by atoms with E-state index in [-0.39, 0.29) is 18.2 Å². The molecule has 0 unspecified atom stereocenters. The van der Waals surface area contributed by atoms with Crippen LogP contribution in [-0.2, 0) is 9.53 Å². The van der Waals surface area contributed by atoms with E-state index in [9.17, 15) is 15.0 Å². The summed E-state index contributed by atoms with van der Waals surface area (Å²) in [6.07, 6.45) is 37.1. The molecule has 0 heterocycles. The minimum atomic E-state index is -0.173. The summed E-state index contributed by atoms with van der Waals surface area (Å²) in [6.45, 7) is 5.00. The molecule has 0 amide bonds. The molecule has 2 N–H and O–H groups in total. The molecule has 0 aromatic heterocycles. The van der Waals surface area contributed by atoms with Crippen LogP contribution < -0.4 is 0 Å². The summed E-state index contributed by atoms with van der Waals surface area (Å²) >= 11 is 0. The van der Waals surface area contributed by atoms with Crippen LogP contribution in [0, 0.1) is 0 Å². The van der Waals surface area contributed by atoms with E-state index in [4.69, 9.17) is 4.74 Å². The van der Waals surface area contributed by atoms with Gasteiger partial charge in [0.25, 0.3) is 0 Å². The third-order valence-electron chi connectivity index (χ3n) is 7.71. The van der Waals surface area contributed by atoms with Gasteiger partial charge in [-0.15, -0.1) is 0 Å². The molecule has 0 aliphatic heterocycles. The van der Waals surface area contributed by atoms with Gasteiger partial charge in [-0.25, -0.2) is 0 Å². The topological polar surface area (TPSA) is 66.8 Å². The van der Waals surface area contributed by atoms with Crippen LogP contribution in [0.15, 0.2) is 24.3 Å². The first kappa shape index (κ1) is 38.9. The second-order valence-corrected chi connectivity index (χ2v) is 11.9. The van der Waals surface area contributed by atoms with Crippen LogP contribution in [0.5, 0.6) is 0 Å². The number of hydrogen-bond acceptors (Lipinski definition) is 4. The van der Waals surface area contributed by atoms with Crippen molar-refractivity contribution in [1.29, 1.82) is 0 Å². The Labute approximate surface area is 249 Å². The van der Waals surface area contributed by atoms with Crippen molar-refractivity contribution in [1.82, 2.24) is 0 Å². The van der Waals surface area contributed by atoms with Crippen LogP contribution in [0.4, 0.5) is 0 Å². The Kier molecular flexibility index (Phi) is 31.5. The van der Waals surface area contributed by atoms with Crippen molar-refractivity contribution in [2.45, 2.75) is 193 Å². The van der Waals surface area contributed by atoms with Crippen molar-refractivity contribution in [3.63, 3.8) is 0 Å². The van der Waals surface area contributed by atoms with Gasteiger partial charge in [0.2, 0.25) is 0 Å². The lowest BCUT2D eigenvalue weighted by atomic mass is 10.1. The molecule has 0 radical (unpaired) electrons. The highest BCUT2D eigenvalue weighted by Crippen LogP contribution is 2.13. The van der Waals surface area contributed by atoms with Gasteiger partial charge >= 0.3 is 5.97 Å².